The van der Waals surface area contributed by atoms with E-state index in [1.54, 1.807) is 6.20 Å². The minimum Gasteiger partial charge on any atom is -0.354 e. The molecule has 0 aliphatic carbocycles. The summed E-state index contributed by atoms with van der Waals surface area (Å²) in [6.07, 6.45) is 1.60. The van der Waals surface area contributed by atoms with Crippen molar-refractivity contribution in [3.8, 4) is 23.1 Å². The summed E-state index contributed by atoms with van der Waals surface area (Å²) in [5.74, 6) is 1.03. The Bertz CT molecular complexity index is 683. The van der Waals surface area contributed by atoms with Crippen LogP contribution in [0.4, 0.5) is 0 Å². The summed E-state index contributed by atoms with van der Waals surface area (Å²) in [6, 6.07) is 13.5. The van der Waals surface area contributed by atoms with Crippen LogP contribution in [0.5, 0.6) is 5.88 Å². The van der Waals surface area contributed by atoms with Crippen molar-refractivity contribution in [3.05, 3.63) is 42.6 Å². The van der Waals surface area contributed by atoms with Gasteiger partial charge in [-0.25, -0.2) is 0 Å². The molecule has 2 heterocycles. The first-order chi connectivity index (χ1) is 9.88. The standard InChI is InChI=1S/C13H9N5OS/c14-8-12-17-20-9-18(12)19-13-11(6-7-15-16-13)10-4-2-1-3-5-10/h1-7H,9H2. The van der Waals surface area contributed by atoms with Crippen LogP contribution in [-0.2, 0) is 0 Å². The summed E-state index contributed by atoms with van der Waals surface area (Å²) in [5, 5.41) is 18.2. The van der Waals surface area contributed by atoms with Gasteiger partial charge in [0.2, 0.25) is 5.84 Å². The monoisotopic (exact) mass is 283 g/mol. The number of amidine groups is 1. The minimum atomic E-state index is 0.222. The van der Waals surface area contributed by atoms with Crippen molar-refractivity contribution >= 4 is 17.8 Å². The zero-order chi connectivity index (χ0) is 13.8. The lowest BCUT2D eigenvalue weighted by Crippen LogP contribution is -2.30. The number of hydrogen-bond acceptors (Lipinski definition) is 7. The first-order valence-corrected chi connectivity index (χ1v) is 6.75. The van der Waals surface area contributed by atoms with E-state index in [0.29, 0.717) is 11.8 Å². The Kier molecular flexibility index (Phi) is 3.48. The third-order valence-electron chi connectivity index (χ3n) is 2.63. The van der Waals surface area contributed by atoms with E-state index in [2.05, 4.69) is 14.6 Å². The fraction of sp³-hybridized carbons (Fsp3) is 0.0769. The second kappa shape index (κ2) is 5.59. The van der Waals surface area contributed by atoms with Gasteiger partial charge < -0.3 is 4.84 Å². The van der Waals surface area contributed by atoms with Crippen LogP contribution in [0.3, 0.4) is 0 Å². The molecule has 0 spiro atoms. The molecule has 7 heteroatoms. The van der Waals surface area contributed by atoms with Gasteiger partial charge in [-0.3, -0.25) is 0 Å². The van der Waals surface area contributed by atoms with Gasteiger partial charge in [0, 0.05) is 11.9 Å². The average molecular weight is 283 g/mol. The number of hydroxylamine groups is 2. The number of nitrogens with zero attached hydrogens (tertiary/aromatic N) is 5. The van der Waals surface area contributed by atoms with Crippen molar-refractivity contribution < 1.29 is 4.84 Å². The largest absolute Gasteiger partial charge is 0.354 e. The van der Waals surface area contributed by atoms with Gasteiger partial charge in [-0.15, -0.1) is 5.10 Å². The van der Waals surface area contributed by atoms with Crippen LogP contribution >= 0.6 is 11.9 Å². The van der Waals surface area contributed by atoms with Crippen molar-refractivity contribution in [2.45, 2.75) is 0 Å². The van der Waals surface area contributed by atoms with E-state index in [1.165, 1.54) is 17.0 Å². The number of hydrogen-bond donors (Lipinski definition) is 0. The molecule has 0 N–H and O–H groups in total. The highest BCUT2D eigenvalue weighted by Gasteiger charge is 2.22. The lowest BCUT2D eigenvalue weighted by Gasteiger charge is -2.16. The minimum absolute atomic E-state index is 0.222. The molecular formula is C13H9N5OS. The maximum Gasteiger partial charge on any atom is 0.272 e. The molecule has 0 atom stereocenters. The molecule has 0 bridgehead atoms. The van der Waals surface area contributed by atoms with Crippen molar-refractivity contribution in [3.63, 3.8) is 0 Å². The van der Waals surface area contributed by atoms with Gasteiger partial charge in [0.15, 0.2) is 0 Å². The summed E-state index contributed by atoms with van der Waals surface area (Å²) in [7, 11) is 0. The van der Waals surface area contributed by atoms with E-state index < -0.39 is 0 Å². The molecule has 1 aromatic heterocycles. The third-order valence-corrected chi connectivity index (χ3v) is 3.28. The normalized spacial score (nSPS) is 13.8. The van der Waals surface area contributed by atoms with E-state index >= 15 is 0 Å². The molecule has 98 valence electrons. The predicted octanol–water partition coefficient (Wildman–Crippen LogP) is 2.28. The van der Waals surface area contributed by atoms with Gasteiger partial charge in [0.05, 0.1) is 11.8 Å². The predicted molar refractivity (Wildman–Crippen MR) is 75.4 cm³/mol. The quantitative estimate of drug-likeness (QED) is 0.804. The van der Waals surface area contributed by atoms with Gasteiger partial charge in [-0.1, -0.05) is 30.3 Å². The van der Waals surface area contributed by atoms with Gasteiger partial charge in [-0.2, -0.15) is 19.8 Å². The van der Waals surface area contributed by atoms with Crippen LogP contribution in [0, 0.1) is 11.3 Å². The third kappa shape index (κ3) is 2.41. The smallest absolute Gasteiger partial charge is 0.272 e. The van der Waals surface area contributed by atoms with Gasteiger partial charge in [0.25, 0.3) is 5.88 Å². The van der Waals surface area contributed by atoms with Gasteiger partial charge in [0.1, 0.15) is 11.9 Å². The molecule has 0 saturated carbocycles. The zero-order valence-electron chi connectivity index (χ0n) is 10.3. The van der Waals surface area contributed by atoms with Crippen molar-refractivity contribution in [2.24, 2.45) is 4.40 Å². The van der Waals surface area contributed by atoms with Crippen LogP contribution in [-0.4, -0.2) is 27.0 Å². The lowest BCUT2D eigenvalue weighted by molar-refractivity contribution is 0.0387. The van der Waals surface area contributed by atoms with Gasteiger partial charge >= 0.3 is 0 Å². The van der Waals surface area contributed by atoms with E-state index in [0.717, 1.165) is 11.1 Å². The maximum atomic E-state index is 8.95. The molecular weight excluding hydrogens is 274 g/mol. The fourth-order valence-electron chi connectivity index (χ4n) is 1.72. The molecule has 3 rings (SSSR count). The molecule has 0 unspecified atom stereocenters. The highest BCUT2D eigenvalue weighted by atomic mass is 32.2. The summed E-state index contributed by atoms with van der Waals surface area (Å²) in [4.78, 5) is 5.65. The van der Waals surface area contributed by atoms with Crippen LogP contribution in [0.2, 0.25) is 0 Å². The van der Waals surface area contributed by atoms with Gasteiger partial charge in [-0.05, 0) is 11.6 Å². The molecule has 20 heavy (non-hydrogen) atoms. The number of aromatic nitrogens is 2. The maximum absolute atomic E-state index is 8.95. The average Bonchev–Trinajstić information content (AvgIpc) is 2.96. The summed E-state index contributed by atoms with van der Waals surface area (Å²) in [6.45, 7) is 0. The molecule has 0 radical (unpaired) electrons. The SMILES string of the molecule is N#CC1=NSCN1Oc1nnccc1-c1ccccc1. The van der Waals surface area contributed by atoms with Crippen LogP contribution in [0.15, 0.2) is 47.0 Å². The number of nitriles is 1. The summed E-state index contributed by atoms with van der Waals surface area (Å²) >= 11 is 1.25. The summed E-state index contributed by atoms with van der Waals surface area (Å²) in [5.41, 5.74) is 1.79. The Morgan fingerprint density at radius 2 is 2.10 bits per heavy atom. The molecule has 0 saturated heterocycles. The Labute approximate surface area is 119 Å². The zero-order valence-corrected chi connectivity index (χ0v) is 11.1. The molecule has 0 amide bonds. The van der Waals surface area contributed by atoms with Crippen molar-refractivity contribution in [1.82, 2.24) is 15.3 Å². The lowest BCUT2D eigenvalue weighted by atomic mass is 10.1. The Morgan fingerprint density at radius 3 is 2.90 bits per heavy atom. The van der Waals surface area contributed by atoms with Crippen LogP contribution in [0.25, 0.3) is 11.1 Å². The van der Waals surface area contributed by atoms with E-state index in [4.69, 9.17) is 10.1 Å². The topological polar surface area (TPSA) is 74.4 Å². The Hall–Kier alpha value is -2.59. The Balaban J connectivity index is 1.92. The highest BCUT2D eigenvalue weighted by molar-refractivity contribution is 7.98. The second-order valence-corrected chi connectivity index (χ2v) is 4.57. The van der Waals surface area contributed by atoms with Crippen LogP contribution in [0.1, 0.15) is 0 Å². The number of rotatable bonds is 3. The molecule has 1 aliphatic rings. The molecule has 1 aromatic carbocycles. The molecule has 6 nitrogen and oxygen atoms in total. The number of benzene rings is 1. The first-order valence-electron chi connectivity index (χ1n) is 5.81. The fourth-order valence-corrected chi connectivity index (χ4v) is 2.31. The molecule has 2 aromatic rings. The summed E-state index contributed by atoms with van der Waals surface area (Å²) < 4.78 is 3.96. The molecule has 1 aliphatic heterocycles. The van der Waals surface area contributed by atoms with Crippen molar-refractivity contribution in [2.75, 3.05) is 5.88 Å². The second-order valence-electron chi connectivity index (χ2n) is 3.87. The molecule has 0 fully saturated rings. The van der Waals surface area contributed by atoms with Crippen molar-refractivity contribution in [1.29, 1.82) is 5.26 Å². The van der Waals surface area contributed by atoms with E-state index in [-0.39, 0.29) is 5.84 Å². The highest BCUT2D eigenvalue weighted by Crippen LogP contribution is 2.28. The van der Waals surface area contributed by atoms with E-state index in [1.807, 2.05) is 42.5 Å². The Morgan fingerprint density at radius 1 is 1.25 bits per heavy atom. The van der Waals surface area contributed by atoms with Crippen LogP contribution < -0.4 is 4.84 Å². The first kappa shape index (κ1) is 12.4. The van der Waals surface area contributed by atoms with E-state index in [9.17, 15) is 0 Å².